The summed E-state index contributed by atoms with van der Waals surface area (Å²) in [5.41, 5.74) is 2.97. The third-order valence-electron chi connectivity index (χ3n) is 2.48. The van der Waals surface area contributed by atoms with E-state index < -0.39 is 0 Å². The Kier molecular flexibility index (Phi) is 2.64. The highest BCUT2D eigenvalue weighted by Crippen LogP contribution is 2.19. The molecular weight excluding hydrogens is 184 g/mol. The molecule has 0 aliphatic heterocycles. The van der Waals surface area contributed by atoms with Crippen LogP contribution >= 0.6 is 0 Å². The third kappa shape index (κ3) is 1.96. The van der Waals surface area contributed by atoms with Crippen molar-refractivity contribution in [2.24, 2.45) is 0 Å². The van der Waals surface area contributed by atoms with E-state index in [1.54, 1.807) is 12.1 Å². The molecule has 0 unspecified atom stereocenters. The molecule has 15 heavy (non-hydrogen) atoms. The maximum atomic E-state index is 11.6. The van der Waals surface area contributed by atoms with Crippen molar-refractivity contribution < 1.29 is 0 Å². The molecule has 0 aliphatic carbocycles. The smallest absolute Gasteiger partial charge is 0.182 e. The van der Waals surface area contributed by atoms with Crippen LogP contribution in [0, 0.1) is 6.92 Å². The van der Waals surface area contributed by atoms with Crippen LogP contribution in [0.1, 0.15) is 5.56 Å². The zero-order chi connectivity index (χ0) is 10.7. The fourth-order valence-electron chi connectivity index (χ4n) is 1.61. The first-order valence-corrected chi connectivity index (χ1v) is 4.94. The Hall–Kier alpha value is -1.89. The number of hydrogen-bond donors (Lipinski definition) is 0. The number of hydrogen-bond acceptors (Lipinski definition) is 1. The second kappa shape index (κ2) is 4.09. The van der Waals surface area contributed by atoms with Gasteiger partial charge in [0.1, 0.15) is 0 Å². The molecular formula is C14H12O. The van der Waals surface area contributed by atoms with E-state index in [0.29, 0.717) is 0 Å². The normalized spacial score (nSPS) is 9.93. The van der Waals surface area contributed by atoms with Crippen molar-refractivity contribution in [1.29, 1.82) is 0 Å². The Morgan fingerprint density at radius 1 is 0.800 bits per heavy atom. The molecule has 0 aromatic heterocycles. The molecule has 0 fully saturated rings. The number of benzene rings is 1. The Bertz CT molecular complexity index is 515. The van der Waals surface area contributed by atoms with Gasteiger partial charge in [-0.15, -0.1) is 0 Å². The first-order chi connectivity index (χ1) is 7.29. The molecule has 0 aliphatic rings. The van der Waals surface area contributed by atoms with Gasteiger partial charge in [0, 0.05) is 5.56 Å². The molecule has 0 saturated carbocycles. The van der Waals surface area contributed by atoms with Crippen LogP contribution < -0.4 is 5.43 Å². The van der Waals surface area contributed by atoms with Crippen molar-refractivity contribution in [3.05, 3.63) is 70.4 Å². The lowest BCUT2D eigenvalue weighted by molar-refractivity contribution is 1.43. The van der Waals surface area contributed by atoms with Crippen LogP contribution in [0.5, 0.6) is 0 Å². The molecule has 0 atom stereocenters. The fourth-order valence-corrected chi connectivity index (χ4v) is 1.61. The second-order valence-electron chi connectivity index (χ2n) is 3.49. The third-order valence-corrected chi connectivity index (χ3v) is 2.48. The monoisotopic (exact) mass is 196 g/mol. The van der Waals surface area contributed by atoms with Gasteiger partial charge in [0.05, 0.1) is 0 Å². The predicted octanol–water partition coefficient (Wildman–Crippen LogP) is 3.02. The number of rotatable bonds is 1. The maximum Gasteiger partial charge on any atom is 0.182 e. The summed E-state index contributed by atoms with van der Waals surface area (Å²) in [6, 6.07) is 17.2. The van der Waals surface area contributed by atoms with Crippen molar-refractivity contribution in [1.82, 2.24) is 0 Å². The SMILES string of the molecule is Cc1c(-c2ccccc2)ccccc1=O. The van der Waals surface area contributed by atoms with Crippen LogP contribution in [0.15, 0.2) is 59.4 Å². The Morgan fingerprint density at radius 3 is 2.13 bits per heavy atom. The van der Waals surface area contributed by atoms with Crippen LogP contribution in [0.2, 0.25) is 0 Å². The minimum Gasteiger partial charge on any atom is -0.290 e. The summed E-state index contributed by atoms with van der Waals surface area (Å²) in [6.07, 6.45) is 0. The van der Waals surface area contributed by atoms with Gasteiger partial charge in [-0.1, -0.05) is 48.5 Å². The molecule has 2 aromatic carbocycles. The summed E-state index contributed by atoms with van der Waals surface area (Å²) in [5, 5.41) is 0. The van der Waals surface area contributed by atoms with Crippen molar-refractivity contribution in [3.63, 3.8) is 0 Å². The largest absolute Gasteiger partial charge is 0.290 e. The van der Waals surface area contributed by atoms with Gasteiger partial charge in [-0.3, -0.25) is 4.79 Å². The second-order valence-corrected chi connectivity index (χ2v) is 3.49. The Balaban J connectivity index is 2.71. The van der Waals surface area contributed by atoms with E-state index in [9.17, 15) is 4.79 Å². The van der Waals surface area contributed by atoms with E-state index >= 15 is 0 Å². The highest BCUT2D eigenvalue weighted by atomic mass is 16.1. The standard InChI is InChI=1S/C14H12O/c1-11-13(9-5-6-10-14(11)15)12-7-3-2-4-8-12/h2-10H,1H3. The van der Waals surface area contributed by atoms with Crippen LogP contribution in [0.4, 0.5) is 0 Å². The van der Waals surface area contributed by atoms with E-state index in [0.717, 1.165) is 16.7 Å². The topological polar surface area (TPSA) is 17.1 Å². The molecule has 74 valence electrons. The van der Waals surface area contributed by atoms with Gasteiger partial charge >= 0.3 is 0 Å². The van der Waals surface area contributed by atoms with E-state index in [1.165, 1.54) is 0 Å². The van der Waals surface area contributed by atoms with Gasteiger partial charge in [0.2, 0.25) is 0 Å². The van der Waals surface area contributed by atoms with Gasteiger partial charge in [-0.2, -0.15) is 0 Å². The van der Waals surface area contributed by atoms with Crippen molar-refractivity contribution in [3.8, 4) is 11.1 Å². The highest BCUT2D eigenvalue weighted by molar-refractivity contribution is 5.66. The fraction of sp³-hybridized carbons (Fsp3) is 0.0714. The lowest BCUT2D eigenvalue weighted by Crippen LogP contribution is -2.00. The van der Waals surface area contributed by atoms with Gasteiger partial charge in [-0.25, -0.2) is 0 Å². The molecule has 1 heteroatoms. The quantitative estimate of drug-likeness (QED) is 0.685. The lowest BCUT2D eigenvalue weighted by Gasteiger charge is -2.00. The predicted molar refractivity (Wildman–Crippen MR) is 62.9 cm³/mol. The molecule has 0 saturated heterocycles. The van der Waals surface area contributed by atoms with Crippen LogP contribution in [-0.4, -0.2) is 0 Å². The molecule has 2 aromatic rings. The van der Waals surface area contributed by atoms with Crippen LogP contribution in [0.25, 0.3) is 11.1 Å². The molecule has 0 spiro atoms. The zero-order valence-electron chi connectivity index (χ0n) is 8.60. The lowest BCUT2D eigenvalue weighted by atomic mass is 10.0. The minimum atomic E-state index is 0.0823. The Morgan fingerprint density at radius 2 is 1.40 bits per heavy atom. The first kappa shape index (κ1) is 9.66. The summed E-state index contributed by atoms with van der Waals surface area (Å²) in [4.78, 5) is 11.6. The van der Waals surface area contributed by atoms with E-state index in [4.69, 9.17) is 0 Å². The van der Waals surface area contributed by atoms with Crippen molar-refractivity contribution in [2.45, 2.75) is 6.92 Å². The van der Waals surface area contributed by atoms with E-state index in [2.05, 4.69) is 0 Å². The molecule has 2 rings (SSSR count). The Labute approximate surface area is 89.0 Å². The van der Waals surface area contributed by atoms with Gasteiger partial charge < -0.3 is 0 Å². The van der Waals surface area contributed by atoms with E-state index in [1.807, 2.05) is 49.4 Å². The summed E-state index contributed by atoms with van der Waals surface area (Å²) < 4.78 is 0. The van der Waals surface area contributed by atoms with Crippen molar-refractivity contribution >= 4 is 0 Å². The highest BCUT2D eigenvalue weighted by Gasteiger charge is 2.01. The van der Waals surface area contributed by atoms with E-state index in [-0.39, 0.29) is 5.43 Å². The average Bonchev–Trinajstić information content (AvgIpc) is 2.44. The van der Waals surface area contributed by atoms with Crippen LogP contribution in [-0.2, 0) is 0 Å². The molecule has 0 heterocycles. The summed E-state index contributed by atoms with van der Waals surface area (Å²) in [6.45, 7) is 1.87. The molecule has 0 radical (unpaired) electrons. The molecule has 0 N–H and O–H groups in total. The van der Waals surface area contributed by atoms with Crippen LogP contribution in [0.3, 0.4) is 0 Å². The molecule has 0 amide bonds. The minimum absolute atomic E-state index is 0.0823. The summed E-state index contributed by atoms with van der Waals surface area (Å²) in [5.74, 6) is 0. The van der Waals surface area contributed by atoms with Gasteiger partial charge in [0.15, 0.2) is 5.43 Å². The summed E-state index contributed by atoms with van der Waals surface area (Å²) in [7, 11) is 0. The first-order valence-electron chi connectivity index (χ1n) is 4.94. The molecule has 0 bridgehead atoms. The van der Waals surface area contributed by atoms with Gasteiger partial charge in [0.25, 0.3) is 0 Å². The average molecular weight is 196 g/mol. The zero-order valence-corrected chi connectivity index (χ0v) is 8.60. The maximum absolute atomic E-state index is 11.6. The summed E-state index contributed by atoms with van der Waals surface area (Å²) >= 11 is 0. The van der Waals surface area contributed by atoms with Crippen molar-refractivity contribution in [2.75, 3.05) is 0 Å². The van der Waals surface area contributed by atoms with Gasteiger partial charge in [-0.05, 0) is 24.1 Å². The molecule has 1 nitrogen and oxygen atoms in total.